The minimum Gasteiger partial charge on any atom is -0.454 e. The summed E-state index contributed by atoms with van der Waals surface area (Å²) in [5.41, 5.74) is 1.59. The zero-order valence-electron chi connectivity index (χ0n) is 10.2. The van der Waals surface area contributed by atoms with Gasteiger partial charge in [0, 0.05) is 11.8 Å². The lowest BCUT2D eigenvalue weighted by atomic mass is 10.0. The maximum absolute atomic E-state index is 10.2. The summed E-state index contributed by atoms with van der Waals surface area (Å²) < 4.78 is 10.5. The Morgan fingerprint density at radius 2 is 2.32 bits per heavy atom. The molecular formula is C13H12ClNO3S. The zero-order valence-corrected chi connectivity index (χ0v) is 11.8. The number of ether oxygens (including phenoxy) is 2. The highest BCUT2D eigenvalue weighted by Gasteiger charge is 2.21. The van der Waals surface area contributed by atoms with Crippen LogP contribution in [0.15, 0.2) is 17.5 Å². The van der Waals surface area contributed by atoms with Gasteiger partial charge in [0.15, 0.2) is 11.5 Å². The minimum absolute atomic E-state index is 0.167. The number of nitrogens with zero attached hydrogens (tertiary/aromatic N) is 1. The molecule has 1 aliphatic rings. The fraction of sp³-hybridized carbons (Fsp3) is 0.308. The van der Waals surface area contributed by atoms with Crippen molar-refractivity contribution in [2.75, 3.05) is 6.79 Å². The zero-order chi connectivity index (χ0) is 13.4. The Labute approximate surface area is 119 Å². The molecule has 0 bridgehead atoms. The van der Waals surface area contributed by atoms with Crippen LogP contribution in [0.1, 0.15) is 22.4 Å². The van der Waals surface area contributed by atoms with Crippen LogP contribution in [0.2, 0.25) is 5.02 Å². The number of hydrogen-bond acceptors (Lipinski definition) is 5. The van der Waals surface area contributed by atoms with Gasteiger partial charge in [-0.3, -0.25) is 0 Å². The topological polar surface area (TPSA) is 51.6 Å². The van der Waals surface area contributed by atoms with Crippen LogP contribution in [0.25, 0.3) is 0 Å². The van der Waals surface area contributed by atoms with Gasteiger partial charge in [-0.1, -0.05) is 11.6 Å². The normalized spacial score (nSPS) is 14.7. The highest BCUT2D eigenvalue weighted by atomic mass is 35.5. The van der Waals surface area contributed by atoms with Gasteiger partial charge in [0.1, 0.15) is 0 Å². The molecule has 0 amide bonds. The largest absolute Gasteiger partial charge is 0.454 e. The molecule has 1 aliphatic heterocycles. The van der Waals surface area contributed by atoms with Crippen LogP contribution >= 0.6 is 22.9 Å². The van der Waals surface area contributed by atoms with Crippen LogP contribution in [0.4, 0.5) is 0 Å². The van der Waals surface area contributed by atoms with E-state index in [1.165, 1.54) is 0 Å². The molecule has 1 aromatic heterocycles. The first-order valence-corrected chi connectivity index (χ1v) is 7.07. The van der Waals surface area contributed by atoms with Crippen LogP contribution in [0, 0.1) is 6.92 Å². The Morgan fingerprint density at radius 1 is 1.47 bits per heavy atom. The molecule has 4 nitrogen and oxygen atoms in total. The van der Waals surface area contributed by atoms with Gasteiger partial charge in [-0.2, -0.15) is 0 Å². The number of aromatic nitrogens is 1. The molecule has 0 saturated heterocycles. The van der Waals surface area contributed by atoms with Crippen LogP contribution in [0.3, 0.4) is 0 Å². The molecule has 100 valence electrons. The van der Waals surface area contributed by atoms with Crippen molar-refractivity contribution in [3.05, 3.63) is 38.8 Å². The van der Waals surface area contributed by atoms with Gasteiger partial charge in [0.2, 0.25) is 6.79 Å². The maximum atomic E-state index is 10.2. The first kappa shape index (κ1) is 12.7. The second-order valence-electron chi connectivity index (χ2n) is 4.31. The standard InChI is InChI=1S/C13H12ClNO3S/c1-7-15-9(5-19-7)4-11(16)8-2-10(14)13-12(3-8)17-6-18-13/h2-3,5,11,16H,4,6H2,1H3. The summed E-state index contributed by atoms with van der Waals surface area (Å²) in [6.45, 7) is 2.11. The highest BCUT2D eigenvalue weighted by Crippen LogP contribution is 2.41. The molecule has 2 heterocycles. The summed E-state index contributed by atoms with van der Waals surface area (Å²) in [6.07, 6.45) is -0.200. The van der Waals surface area contributed by atoms with E-state index in [1.807, 2.05) is 12.3 Å². The number of fused-ring (bicyclic) bond motifs is 1. The summed E-state index contributed by atoms with van der Waals surface area (Å²) in [7, 11) is 0. The van der Waals surface area contributed by atoms with Crippen LogP contribution < -0.4 is 9.47 Å². The molecule has 3 rings (SSSR count). The summed E-state index contributed by atoms with van der Waals surface area (Å²) in [5, 5.41) is 13.6. The molecule has 1 unspecified atom stereocenters. The van der Waals surface area contributed by atoms with Crippen LogP contribution in [-0.2, 0) is 6.42 Å². The molecule has 1 N–H and O–H groups in total. The van der Waals surface area contributed by atoms with Crippen molar-refractivity contribution in [2.24, 2.45) is 0 Å². The van der Waals surface area contributed by atoms with E-state index >= 15 is 0 Å². The SMILES string of the molecule is Cc1nc(CC(O)c2cc(Cl)c3c(c2)OCO3)cs1. The van der Waals surface area contributed by atoms with Crippen molar-refractivity contribution < 1.29 is 14.6 Å². The molecule has 0 fully saturated rings. The summed E-state index contributed by atoms with van der Waals surface area (Å²) in [5.74, 6) is 1.12. The first-order chi connectivity index (χ1) is 9.13. The van der Waals surface area contributed by atoms with Crippen molar-refractivity contribution in [1.29, 1.82) is 0 Å². The van der Waals surface area contributed by atoms with E-state index in [9.17, 15) is 5.11 Å². The van der Waals surface area contributed by atoms with Gasteiger partial charge in [-0.15, -0.1) is 11.3 Å². The van der Waals surface area contributed by atoms with E-state index in [2.05, 4.69) is 4.98 Å². The number of hydrogen-bond donors (Lipinski definition) is 1. The fourth-order valence-electron chi connectivity index (χ4n) is 2.00. The van der Waals surface area contributed by atoms with Crippen molar-refractivity contribution in [2.45, 2.75) is 19.4 Å². The first-order valence-electron chi connectivity index (χ1n) is 5.81. The molecular weight excluding hydrogens is 286 g/mol. The Bertz CT molecular complexity index is 614. The van der Waals surface area contributed by atoms with Gasteiger partial charge in [0.25, 0.3) is 0 Å². The molecule has 1 atom stereocenters. The third-order valence-electron chi connectivity index (χ3n) is 2.90. The summed E-state index contributed by atoms with van der Waals surface area (Å²) in [6, 6.07) is 3.47. The second kappa shape index (κ2) is 5.00. The predicted molar refractivity (Wildman–Crippen MR) is 73.1 cm³/mol. The second-order valence-corrected chi connectivity index (χ2v) is 5.78. The molecule has 2 aromatic rings. The van der Waals surface area contributed by atoms with Crippen molar-refractivity contribution in [3.8, 4) is 11.5 Å². The van der Waals surface area contributed by atoms with Crippen LogP contribution in [0.5, 0.6) is 11.5 Å². The highest BCUT2D eigenvalue weighted by molar-refractivity contribution is 7.09. The van der Waals surface area contributed by atoms with E-state index in [0.717, 1.165) is 10.7 Å². The number of aliphatic hydroxyl groups is 1. The van der Waals surface area contributed by atoms with E-state index in [1.54, 1.807) is 23.5 Å². The third kappa shape index (κ3) is 2.54. The molecule has 0 saturated carbocycles. The lowest BCUT2D eigenvalue weighted by molar-refractivity contribution is 0.171. The number of benzene rings is 1. The van der Waals surface area contributed by atoms with Gasteiger partial charge < -0.3 is 14.6 Å². The van der Waals surface area contributed by atoms with Gasteiger partial charge >= 0.3 is 0 Å². The molecule has 19 heavy (non-hydrogen) atoms. The molecule has 0 aliphatic carbocycles. The number of thiazole rings is 1. The van der Waals surface area contributed by atoms with E-state index in [4.69, 9.17) is 21.1 Å². The lowest BCUT2D eigenvalue weighted by Gasteiger charge is -2.11. The van der Waals surface area contributed by atoms with Gasteiger partial charge in [-0.05, 0) is 24.6 Å². The Balaban J connectivity index is 1.84. The minimum atomic E-state index is -0.659. The van der Waals surface area contributed by atoms with Crippen molar-refractivity contribution >= 4 is 22.9 Å². The predicted octanol–water partition coefficient (Wildman–Crippen LogP) is 3.11. The Hall–Kier alpha value is -1.30. The number of aliphatic hydroxyl groups excluding tert-OH is 1. The molecule has 0 radical (unpaired) electrons. The van der Waals surface area contributed by atoms with Crippen molar-refractivity contribution in [3.63, 3.8) is 0 Å². The van der Waals surface area contributed by atoms with Crippen LogP contribution in [-0.4, -0.2) is 16.9 Å². The third-order valence-corrected chi connectivity index (χ3v) is 4.01. The number of rotatable bonds is 3. The summed E-state index contributed by atoms with van der Waals surface area (Å²) in [4.78, 5) is 4.34. The Kier molecular flexibility index (Phi) is 3.35. The smallest absolute Gasteiger partial charge is 0.231 e. The van der Waals surface area contributed by atoms with Crippen molar-refractivity contribution in [1.82, 2.24) is 4.98 Å². The van der Waals surface area contributed by atoms with Gasteiger partial charge in [0.05, 0.1) is 21.8 Å². The maximum Gasteiger partial charge on any atom is 0.231 e. The van der Waals surface area contributed by atoms with E-state index in [-0.39, 0.29) is 6.79 Å². The lowest BCUT2D eigenvalue weighted by Crippen LogP contribution is -2.02. The average Bonchev–Trinajstić information content (AvgIpc) is 2.98. The monoisotopic (exact) mass is 297 g/mol. The number of aryl methyl sites for hydroxylation is 1. The Morgan fingerprint density at radius 3 is 3.05 bits per heavy atom. The molecule has 1 aromatic carbocycles. The fourth-order valence-corrected chi connectivity index (χ4v) is 2.90. The molecule has 0 spiro atoms. The van der Waals surface area contributed by atoms with Gasteiger partial charge in [-0.25, -0.2) is 4.98 Å². The number of halogens is 1. The average molecular weight is 298 g/mol. The quantitative estimate of drug-likeness (QED) is 0.946. The summed E-state index contributed by atoms with van der Waals surface area (Å²) >= 11 is 7.67. The van der Waals surface area contributed by atoms with E-state index < -0.39 is 6.10 Å². The molecule has 6 heteroatoms. The van der Waals surface area contributed by atoms with E-state index in [0.29, 0.717) is 28.5 Å².